The van der Waals surface area contributed by atoms with Crippen molar-refractivity contribution in [2.75, 3.05) is 0 Å². The van der Waals surface area contributed by atoms with E-state index in [1.165, 1.54) is 22.3 Å². The summed E-state index contributed by atoms with van der Waals surface area (Å²) in [6, 6.07) is 12.9. The molecule has 136 valence electrons. The second-order valence-corrected chi connectivity index (χ2v) is 16.0. The zero-order chi connectivity index (χ0) is 17.3. The molecule has 2 aromatic carbocycles. The Labute approximate surface area is 177 Å². The molecule has 0 aliphatic heterocycles. The van der Waals surface area contributed by atoms with Crippen LogP contribution in [0.15, 0.2) is 36.4 Å². The molecular formula is C20H32Cl2SiZr-2. The molecule has 2 rings (SSSR count). The Kier molecular flexibility index (Phi) is 19.0. The van der Waals surface area contributed by atoms with Gasteiger partial charge in [-0.25, -0.2) is 24.3 Å². The molecule has 0 bridgehead atoms. The van der Waals surface area contributed by atoms with Crippen LogP contribution < -0.4 is 24.8 Å². The summed E-state index contributed by atoms with van der Waals surface area (Å²) in [6.07, 6.45) is 0. The van der Waals surface area contributed by atoms with Crippen molar-refractivity contribution in [1.82, 2.24) is 0 Å². The Morgan fingerprint density at radius 1 is 0.792 bits per heavy atom. The molecular weight excluding hydrogens is 430 g/mol. The van der Waals surface area contributed by atoms with Crippen molar-refractivity contribution >= 4 is 5.43 Å². The second-order valence-electron chi connectivity index (χ2n) is 6.64. The summed E-state index contributed by atoms with van der Waals surface area (Å²) in [5.74, 6) is 1.36. The minimum Gasteiger partial charge on any atom is -1.00 e. The average Bonchev–Trinajstić information content (AvgIpc) is 2.97. The van der Waals surface area contributed by atoms with Crippen molar-refractivity contribution in [2.45, 2.75) is 66.5 Å². The first-order chi connectivity index (χ1) is 10.2. The summed E-state index contributed by atoms with van der Waals surface area (Å²) in [5.41, 5.74) is 6.02. The summed E-state index contributed by atoms with van der Waals surface area (Å²) in [4.78, 5) is 0. The van der Waals surface area contributed by atoms with E-state index < -0.39 is 0 Å². The molecule has 0 saturated heterocycles. The van der Waals surface area contributed by atoms with Crippen LogP contribution in [0, 0.1) is 13.8 Å². The fraction of sp³-hybridized carbons (Fsp3) is 0.500. The summed E-state index contributed by atoms with van der Waals surface area (Å²) < 4.78 is 0. The molecule has 0 aromatic heterocycles. The molecule has 0 aliphatic rings. The predicted octanol–water partition coefficient (Wildman–Crippen LogP) is 0.467. The maximum atomic E-state index is 2.31. The van der Waals surface area contributed by atoms with E-state index in [-0.39, 0.29) is 30.2 Å². The first-order valence-electron chi connectivity index (χ1n) is 8.12. The normalized spacial score (nSPS) is 9.17. The van der Waals surface area contributed by atoms with E-state index in [1.54, 1.807) is 23.3 Å². The smallest absolute Gasteiger partial charge is 0.0632 e. The van der Waals surface area contributed by atoms with Gasteiger partial charge in [0, 0.05) is 0 Å². The molecule has 24 heavy (non-hydrogen) atoms. The maximum absolute atomic E-state index is 2.31. The van der Waals surface area contributed by atoms with Crippen molar-refractivity contribution in [1.29, 1.82) is 0 Å². The third kappa shape index (κ3) is 12.7. The predicted molar refractivity (Wildman–Crippen MR) is 99.2 cm³/mol. The number of hydrogen-bond acceptors (Lipinski definition) is 0. The van der Waals surface area contributed by atoms with E-state index in [1.807, 2.05) is 0 Å². The number of hydrogen-bond donors (Lipinski definition) is 0. The molecule has 4 heteroatoms. The summed E-state index contributed by atoms with van der Waals surface area (Å²) in [5, 5.41) is 0. The molecule has 0 heterocycles. The van der Waals surface area contributed by atoms with E-state index in [0.29, 0.717) is 11.8 Å². The Morgan fingerprint density at radius 3 is 1.12 bits per heavy atom. The fourth-order valence-corrected chi connectivity index (χ4v) is 2.34. The van der Waals surface area contributed by atoms with Gasteiger partial charge >= 0.3 is 41.9 Å². The van der Waals surface area contributed by atoms with Gasteiger partial charge in [0.15, 0.2) is 0 Å². The molecule has 0 spiro atoms. The van der Waals surface area contributed by atoms with Crippen LogP contribution in [-0.4, -0.2) is 5.43 Å². The largest absolute Gasteiger partial charge is 1.00 e. The van der Waals surface area contributed by atoms with Gasteiger partial charge in [-0.2, -0.15) is 34.4 Å². The third-order valence-corrected chi connectivity index (χ3v) is 3.40. The molecule has 0 amide bonds. The topological polar surface area (TPSA) is 0 Å². The van der Waals surface area contributed by atoms with Gasteiger partial charge in [0.25, 0.3) is 0 Å². The minimum absolute atomic E-state index is 0. The molecule has 0 unspecified atom stereocenters. The quantitative estimate of drug-likeness (QED) is 0.450. The summed E-state index contributed by atoms with van der Waals surface area (Å²) in [6.45, 7) is 17.8. The van der Waals surface area contributed by atoms with Gasteiger partial charge in [-0.3, -0.25) is 0 Å². The first-order valence-corrected chi connectivity index (χ1v) is 14.3. The average molecular weight is 463 g/mol. The molecule has 0 atom stereocenters. The SMILES string of the molecule is C[Si](C)=[Zr+2].Cc1ccc[c-]1C(C)C.Cc1ccc[c-]1C(C)C.[Cl-].[Cl-]. The van der Waals surface area contributed by atoms with Crippen LogP contribution >= 0.6 is 0 Å². The van der Waals surface area contributed by atoms with Gasteiger partial charge < -0.3 is 24.8 Å². The number of rotatable bonds is 2. The van der Waals surface area contributed by atoms with E-state index in [4.69, 9.17) is 0 Å². The number of halogens is 2. The van der Waals surface area contributed by atoms with Crippen LogP contribution in [0.4, 0.5) is 0 Å². The molecule has 0 radical (unpaired) electrons. The van der Waals surface area contributed by atoms with Crippen molar-refractivity contribution in [3.8, 4) is 0 Å². The van der Waals surface area contributed by atoms with E-state index in [0.717, 1.165) is 0 Å². The molecule has 0 N–H and O–H groups in total. The zero-order valence-electron chi connectivity index (χ0n) is 16.4. The van der Waals surface area contributed by atoms with Crippen molar-refractivity contribution in [2.24, 2.45) is 0 Å². The maximum Gasteiger partial charge on any atom is -0.0632 e. The monoisotopic (exact) mass is 460 g/mol. The van der Waals surface area contributed by atoms with Gasteiger partial charge in [0.05, 0.1) is 0 Å². The number of aryl methyl sites for hydroxylation is 2. The fourth-order valence-electron chi connectivity index (χ4n) is 2.34. The third-order valence-electron chi connectivity index (χ3n) is 3.40. The van der Waals surface area contributed by atoms with Gasteiger partial charge in [-0.1, -0.05) is 53.4 Å². The Morgan fingerprint density at radius 2 is 1.04 bits per heavy atom. The summed E-state index contributed by atoms with van der Waals surface area (Å²) in [7, 11) is 0. The van der Waals surface area contributed by atoms with E-state index in [9.17, 15) is 0 Å². The van der Waals surface area contributed by atoms with Gasteiger partial charge in [0.2, 0.25) is 0 Å². The van der Waals surface area contributed by atoms with Crippen LogP contribution in [0.25, 0.3) is 0 Å². The van der Waals surface area contributed by atoms with Crippen molar-refractivity contribution < 1.29 is 48.1 Å². The Bertz CT molecular complexity index is 505. The van der Waals surface area contributed by atoms with Crippen LogP contribution in [0.5, 0.6) is 0 Å². The van der Waals surface area contributed by atoms with Gasteiger partial charge in [-0.05, 0) is 0 Å². The van der Waals surface area contributed by atoms with Crippen LogP contribution in [-0.2, 0) is 23.3 Å². The van der Waals surface area contributed by atoms with Crippen molar-refractivity contribution in [3.05, 3.63) is 58.7 Å². The standard InChI is InChI=1S/2C9H13.C2H6Si.2ClH.Zr/c2*1-7(2)9-6-4-5-8(9)3;1-3-2;;;/h2*4-7H,1-3H3;1-2H3;2*1H;/q2*-1;;;;+2/p-2. The van der Waals surface area contributed by atoms with Crippen molar-refractivity contribution in [3.63, 3.8) is 0 Å². The summed E-state index contributed by atoms with van der Waals surface area (Å²) >= 11 is 1.74. The van der Waals surface area contributed by atoms with E-state index in [2.05, 4.69) is 91.0 Å². The second kappa shape index (κ2) is 15.6. The van der Waals surface area contributed by atoms with Crippen LogP contribution in [0.1, 0.15) is 61.8 Å². The minimum atomic E-state index is 0. The van der Waals surface area contributed by atoms with Crippen LogP contribution in [0.2, 0.25) is 13.1 Å². The molecule has 0 aliphatic carbocycles. The van der Waals surface area contributed by atoms with Crippen LogP contribution in [0.3, 0.4) is 0 Å². The zero-order valence-corrected chi connectivity index (χ0v) is 21.3. The Balaban J connectivity index is -0.000000283. The van der Waals surface area contributed by atoms with Gasteiger partial charge in [0.1, 0.15) is 0 Å². The Hall–Kier alpha value is 0.380. The molecule has 2 aromatic rings. The van der Waals surface area contributed by atoms with Gasteiger partial charge in [-0.15, -0.1) is 0 Å². The molecule has 0 fully saturated rings. The molecule has 0 nitrogen and oxygen atoms in total. The van der Waals surface area contributed by atoms with E-state index >= 15 is 0 Å². The first kappa shape index (κ1) is 29.2. The molecule has 0 saturated carbocycles.